The van der Waals surface area contributed by atoms with Gasteiger partial charge in [-0.15, -0.1) is 0 Å². The molecule has 0 aliphatic heterocycles. The largest absolute Gasteiger partial charge is 0.328 e. The van der Waals surface area contributed by atoms with Gasteiger partial charge in [0.25, 0.3) is 0 Å². The zero-order valence-electron chi connectivity index (χ0n) is 11.0. The van der Waals surface area contributed by atoms with Gasteiger partial charge in [0.2, 0.25) is 0 Å². The molecule has 0 radical (unpaired) electrons. The van der Waals surface area contributed by atoms with E-state index in [1.165, 1.54) is 11.1 Å². The van der Waals surface area contributed by atoms with Crippen LogP contribution in [0.4, 0.5) is 11.5 Å². The number of rotatable bonds is 3. The van der Waals surface area contributed by atoms with E-state index in [0.29, 0.717) is 6.54 Å². The number of aryl methyl sites for hydroxylation is 2. The lowest BCUT2D eigenvalue weighted by Gasteiger charge is -2.22. The molecular weight excluding hydrogens is 224 g/mol. The summed E-state index contributed by atoms with van der Waals surface area (Å²) in [5.74, 6) is 0.812. The van der Waals surface area contributed by atoms with Gasteiger partial charge in [0.05, 0.1) is 5.69 Å². The summed E-state index contributed by atoms with van der Waals surface area (Å²) in [5.41, 5.74) is 10.1. The molecule has 2 aromatic rings. The highest BCUT2D eigenvalue weighted by Gasteiger charge is 2.12. The van der Waals surface area contributed by atoms with Gasteiger partial charge in [-0.1, -0.05) is 17.7 Å². The van der Waals surface area contributed by atoms with E-state index < -0.39 is 0 Å². The third-order valence-corrected chi connectivity index (χ3v) is 2.98. The van der Waals surface area contributed by atoms with Crippen molar-refractivity contribution in [1.82, 2.24) is 9.97 Å². The molecule has 4 nitrogen and oxygen atoms in total. The van der Waals surface area contributed by atoms with E-state index in [4.69, 9.17) is 5.73 Å². The van der Waals surface area contributed by atoms with Crippen LogP contribution in [0.15, 0.2) is 30.6 Å². The van der Waals surface area contributed by atoms with Gasteiger partial charge < -0.3 is 10.6 Å². The van der Waals surface area contributed by atoms with E-state index in [1.54, 1.807) is 12.4 Å². The summed E-state index contributed by atoms with van der Waals surface area (Å²) in [6, 6.07) is 6.35. The molecule has 0 saturated heterocycles. The Bertz CT molecular complexity index is 551. The highest BCUT2D eigenvalue weighted by molar-refractivity contribution is 5.64. The Balaban J connectivity index is 2.44. The smallest absolute Gasteiger partial charge is 0.155 e. The van der Waals surface area contributed by atoms with Crippen molar-refractivity contribution < 1.29 is 0 Å². The minimum Gasteiger partial charge on any atom is -0.328 e. The molecule has 18 heavy (non-hydrogen) atoms. The molecule has 1 aromatic carbocycles. The Labute approximate surface area is 107 Å². The van der Waals surface area contributed by atoms with Gasteiger partial charge in [-0.25, -0.2) is 4.98 Å². The van der Waals surface area contributed by atoms with Crippen LogP contribution in [0.25, 0.3) is 0 Å². The molecule has 2 rings (SSSR count). The van der Waals surface area contributed by atoms with Crippen molar-refractivity contribution in [1.29, 1.82) is 0 Å². The average molecular weight is 242 g/mol. The molecule has 94 valence electrons. The van der Waals surface area contributed by atoms with Crippen molar-refractivity contribution in [3.8, 4) is 0 Å². The zero-order valence-corrected chi connectivity index (χ0v) is 11.0. The standard InChI is InChI=1S/C14H18N4/c1-10-4-5-13(11(2)8-10)18(3)14-12(9-15)16-6-7-17-14/h4-8H,9,15H2,1-3H3. The van der Waals surface area contributed by atoms with E-state index >= 15 is 0 Å². The maximum absolute atomic E-state index is 5.70. The van der Waals surface area contributed by atoms with Crippen LogP contribution >= 0.6 is 0 Å². The molecule has 0 saturated carbocycles. The van der Waals surface area contributed by atoms with Gasteiger partial charge in [-0.3, -0.25) is 4.98 Å². The lowest BCUT2D eigenvalue weighted by atomic mass is 10.1. The van der Waals surface area contributed by atoms with Gasteiger partial charge in [0, 0.05) is 31.7 Å². The maximum atomic E-state index is 5.70. The summed E-state index contributed by atoms with van der Waals surface area (Å²) in [7, 11) is 1.99. The normalized spacial score (nSPS) is 10.4. The fraction of sp³-hybridized carbons (Fsp3) is 0.286. The Hall–Kier alpha value is -1.94. The third-order valence-electron chi connectivity index (χ3n) is 2.98. The maximum Gasteiger partial charge on any atom is 0.155 e. The van der Waals surface area contributed by atoms with Crippen molar-refractivity contribution in [3.63, 3.8) is 0 Å². The predicted molar refractivity (Wildman–Crippen MR) is 73.9 cm³/mol. The summed E-state index contributed by atoms with van der Waals surface area (Å²) < 4.78 is 0. The number of nitrogens with zero attached hydrogens (tertiary/aromatic N) is 3. The predicted octanol–water partition coefficient (Wildman–Crippen LogP) is 2.32. The van der Waals surface area contributed by atoms with Crippen molar-refractivity contribution in [3.05, 3.63) is 47.4 Å². The lowest BCUT2D eigenvalue weighted by Crippen LogP contribution is -2.17. The fourth-order valence-corrected chi connectivity index (χ4v) is 2.08. The van der Waals surface area contributed by atoms with Gasteiger partial charge >= 0.3 is 0 Å². The summed E-state index contributed by atoms with van der Waals surface area (Å²) >= 11 is 0. The molecule has 1 heterocycles. The van der Waals surface area contributed by atoms with E-state index in [-0.39, 0.29) is 0 Å². The number of anilines is 2. The Morgan fingerprint density at radius 1 is 1.17 bits per heavy atom. The van der Waals surface area contributed by atoms with Gasteiger partial charge in [-0.2, -0.15) is 0 Å². The van der Waals surface area contributed by atoms with Crippen LogP contribution < -0.4 is 10.6 Å². The van der Waals surface area contributed by atoms with Crippen LogP contribution in [-0.4, -0.2) is 17.0 Å². The number of benzene rings is 1. The molecule has 0 aliphatic carbocycles. The number of aromatic nitrogens is 2. The molecule has 2 N–H and O–H groups in total. The topological polar surface area (TPSA) is 55.0 Å². The SMILES string of the molecule is Cc1ccc(N(C)c2nccnc2CN)c(C)c1. The van der Waals surface area contributed by atoms with Crippen LogP contribution in [0.2, 0.25) is 0 Å². The van der Waals surface area contributed by atoms with Crippen LogP contribution in [0, 0.1) is 13.8 Å². The highest BCUT2D eigenvalue weighted by atomic mass is 15.2. The first kappa shape index (κ1) is 12.5. The molecule has 0 unspecified atom stereocenters. The lowest BCUT2D eigenvalue weighted by molar-refractivity contribution is 0.938. The Morgan fingerprint density at radius 2 is 1.89 bits per heavy atom. The molecule has 0 amide bonds. The molecule has 4 heteroatoms. The third kappa shape index (κ3) is 2.33. The number of nitrogens with two attached hydrogens (primary N) is 1. The second-order valence-electron chi connectivity index (χ2n) is 4.38. The summed E-state index contributed by atoms with van der Waals surface area (Å²) in [4.78, 5) is 10.7. The monoisotopic (exact) mass is 242 g/mol. The van der Waals surface area contributed by atoms with E-state index in [1.807, 2.05) is 11.9 Å². The zero-order chi connectivity index (χ0) is 13.1. The Kier molecular flexibility index (Phi) is 3.58. The average Bonchev–Trinajstić information content (AvgIpc) is 2.38. The minimum atomic E-state index is 0.387. The summed E-state index contributed by atoms with van der Waals surface area (Å²) in [6.07, 6.45) is 3.36. The molecule has 0 bridgehead atoms. The van der Waals surface area contributed by atoms with Crippen molar-refractivity contribution in [2.45, 2.75) is 20.4 Å². The van der Waals surface area contributed by atoms with E-state index in [0.717, 1.165) is 17.2 Å². The molecule has 0 atom stereocenters. The number of hydrogen-bond donors (Lipinski definition) is 1. The van der Waals surface area contributed by atoms with Gasteiger partial charge in [-0.05, 0) is 25.5 Å². The minimum absolute atomic E-state index is 0.387. The first-order chi connectivity index (χ1) is 8.63. The van der Waals surface area contributed by atoms with Crippen LogP contribution in [0.3, 0.4) is 0 Å². The fourth-order valence-electron chi connectivity index (χ4n) is 2.08. The molecule has 0 spiro atoms. The van der Waals surface area contributed by atoms with E-state index in [9.17, 15) is 0 Å². The second kappa shape index (κ2) is 5.14. The highest BCUT2D eigenvalue weighted by Crippen LogP contribution is 2.27. The van der Waals surface area contributed by atoms with Crippen molar-refractivity contribution >= 4 is 11.5 Å². The molecule has 0 aliphatic rings. The van der Waals surface area contributed by atoms with Crippen molar-refractivity contribution in [2.75, 3.05) is 11.9 Å². The first-order valence-corrected chi connectivity index (χ1v) is 5.94. The first-order valence-electron chi connectivity index (χ1n) is 5.94. The van der Waals surface area contributed by atoms with E-state index in [2.05, 4.69) is 42.0 Å². The summed E-state index contributed by atoms with van der Waals surface area (Å²) in [5, 5.41) is 0. The summed E-state index contributed by atoms with van der Waals surface area (Å²) in [6.45, 7) is 4.57. The molecular formula is C14H18N4. The quantitative estimate of drug-likeness (QED) is 0.897. The van der Waals surface area contributed by atoms with Gasteiger partial charge in [0.15, 0.2) is 5.82 Å². The van der Waals surface area contributed by atoms with Crippen LogP contribution in [0.1, 0.15) is 16.8 Å². The van der Waals surface area contributed by atoms with Crippen molar-refractivity contribution in [2.24, 2.45) is 5.73 Å². The Morgan fingerprint density at radius 3 is 2.56 bits per heavy atom. The van der Waals surface area contributed by atoms with Crippen LogP contribution in [-0.2, 0) is 6.54 Å². The second-order valence-corrected chi connectivity index (χ2v) is 4.38. The van der Waals surface area contributed by atoms with Gasteiger partial charge in [0.1, 0.15) is 0 Å². The number of hydrogen-bond acceptors (Lipinski definition) is 4. The molecule has 1 aromatic heterocycles. The van der Waals surface area contributed by atoms with Crippen LogP contribution in [0.5, 0.6) is 0 Å². The molecule has 0 fully saturated rings.